The maximum absolute atomic E-state index is 5.83. The van der Waals surface area contributed by atoms with Crippen molar-refractivity contribution in [1.29, 1.82) is 0 Å². The molecule has 2 N–H and O–H groups in total. The predicted octanol–water partition coefficient (Wildman–Crippen LogP) is 3.24. The molecule has 0 aliphatic rings. The van der Waals surface area contributed by atoms with Crippen LogP contribution in [0, 0.1) is 0 Å². The quantitative estimate of drug-likeness (QED) is 0.912. The molecule has 1 aromatic carbocycles. The van der Waals surface area contributed by atoms with Gasteiger partial charge in [0.15, 0.2) is 11.5 Å². The number of methoxy groups -OCH3 is 1. The van der Waals surface area contributed by atoms with E-state index in [0.29, 0.717) is 6.61 Å². The van der Waals surface area contributed by atoms with Gasteiger partial charge in [-0.05, 0) is 32.0 Å². The minimum atomic E-state index is -0.0467. The van der Waals surface area contributed by atoms with Crippen LogP contribution in [0.1, 0.15) is 25.6 Å². The monoisotopic (exact) mass is 278 g/mol. The second kappa shape index (κ2) is 6.04. The van der Waals surface area contributed by atoms with Crippen LogP contribution < -0.4 is 15.2 Å². The first kappa shape index (κ1) is 13.8. The molecule has 1 unspecified atom stereocenters. The summed E-state index contributed by atoms with van der Waals surface area (Å²) in [5.74, 6) is 1.47. The van der Waals surface area contributed by atoms with Crippen molar-refractivity contribution < 1.29 is 9.47 Å². The van der Waals surface area contributed by atoms with Crippen LogP contribution in [0.3, 0.4) is 0 Å². The average molecular weight is 278 g/mol. The summed E-state index contributed by atoms with van der Waals surface area (Å²) in [6.07, 6.45) is 0. The summed E-state index contributed by atoms with van der Waals surface area (Å²) in [6.45, 7) is 4.48. The highest BCUT2D eigenvalue weighted by molar-refractivity contribution is 7.13. The molecule has 1 heterocycles. The molecular formula is C14H18N2O2S. The Labute approximate surface area is 117 Å². The van der Waals surface area contributed by atoms with Crippen LogP contribution in [-0.4, -0.2) is 18.7 Å². The van der Waals surface area contributed by atoms with Crippen molar-refractivity contribution in [2.75, 3.05) is 13.7 Å². The lowest BCUT2D eigenvalue weighted by Crippen LogP contribution is -2.04. The molecule has 0 amide bonds. The molecule has 2 aromatic rings. The average Bonchev–Trinajstić information content (AvgIpc) is 2.89. The Balaban J connectivity index is 2.35. The smallest absolute Gasteiger partial charge is 0.161 e. The Kier molecular flexibility index (Phi) is 4.39. The molecule has 2 rings (SSSR count). The van der Waals surface area contributed by atoms with E-state index in [-0.39, 0.29) is 6.04 Å². The lowest BCUT2D eigenvalue weighted by atomic mass is 10.2. The minimum absolute atomic E-state index is 0.0467. The van der Waals surface area contributed by atoms with E-state index in [1.165, 1.54) is 0 Å². The number of aromatic nitrogens is 1. The molecule has 19 heavy (non-hydrogen) atoms. The SMILES string of the molecule is CCOc1cc(-c2nc(C(C)N)cs2)ccc1OC. The highest BCUT2D eigenvalue weighted by atomic mass is 32.1. The van der Waals surface area contributed by atoms with Gasteiger partial charge < -0.3 is 15.2 Å². The summed E-state index contributed by atoms with van der Waals surface area (Å²) >= 11 is 1.58. The fraction of sp³-hybridized carbons (Fsp3) is 0.357. The summed E-state index contributed by atoms with van der Waals surface area (Å²) in [7, 11) is 1.63. The third-order valence-corrected chi connectivity index (χ3v) is 3.61. The lowest BCUT2D eigenvalue weighted by Gasteiger charge is -2.10. The van der Waals surface area contributed by atoms with E-state index in [1.807, 2.05) is 37.4 Å². The highest BCUT2D eigenvalue weighted by Gasteiger charge is 2.11. The molecule has 1 atom stereocenters. The molecule has 102 valence electrons. The number of hydrogen-bond donors (Lipinski definition) is 1. The lowest BCUT2D eigenvalue weighted by molar-refractivity contribution is 0.311. The fourth-order valence-corrected chi connectivity index (χ4v) is 2.63. The van der Waals surface area contributed by atoms with Gasteiger partial charge in [0.2, 0.25) is 0 Å². The molecule has 0 fully saturated rings. The molecule has 0 spiro atoms. The Morgan fingerprint density at radius 1 is 1.37 bits per heavy atom. The molecular weight excluding hydrogens is 260 g/mol. The van der Waals surface area contributed by atoms with Gasteiger partial charge >= 0.3 is 0 Å². The van der Waals surface area contributed by atoms with Gasteiger partial charge in [-0.3, -0.25) is 0 Å². The maximum Gasteiger partial charge on any atom is 0.161 e. The Morgan fingerprint density at radius 3 is 2.74 bits per heavy atom. The fourth-order valence-electron chi connectivity index (χ4n) is 1.71. The molecule has 5 heteroatoms. The zero-order chi connectivity index (χ0) is 13.8. The maximum atomic E-state index is 5.83. The first-order valence-corrected chi connectivity index (χ1v) is 7.06. The Bertz CT molecular complexity index is 552. The third-order valence-electron chi connectivity index (χ3n) is 2.70. The first-order chi connectivity index (χ1) is 9.15. The van der Waals surface area contributed by atoms with Crippen molar-refractivity contribution in [1.82, 2.24) is 4.98 Å². The highest BCUT2D eigenvalue weighted by Crippen LogP contribution is 2.34. The van der Waals surface area contributed by atoms with Crippen molar-refractivity contribution in [3.63, 3.8) is 0 Å². The second-order valence-corrected chi connectivity index (χ2v) is 5.02. The zero-order valence-corrected chi connectivity index (χ0v) is 12.2. The van der Waals surface area contributed by atoms with Gasteiger partial charge in [-0.25, -0.2) is 4.98 Å². The standard InChI is InChI=1S/C14H18N2O2S/c1-4-18-13-7-10(5-6-12(13)17-3)14-16-11(8-19-14)9(2)15/h5-9H,4,15H2,1-3H3. The van der Waals surface area contributed by atoms with Crippen molar-refractivity contribution in [2.45, 2.75) is 19.9 Å². The van der Waals surface area contributed by atoms with E-state index in [0.717, 1.165) is 27.8 Å². The number of rotatable bonds is 5. The van der Waals surface area contributed by atoms with Gasteiger partial charge in [0.25, 0.3) is 0 Å². The summed E-state index contributed by atoms with van der Waals surface area (Å²) < 4.78 is 10.8. The molecule has 1 aromatic heterocycles. The van der Waals surface area contributed by atoms with Gasteiger partial charge in [0.1, 0.15) is 5.01 Å². The molecule has 0 aliphatic heterocycles. The van der Waals surface area contributed by atoms with Gasteiger partial charge in [0, 0.05) is 17.0 Å². The molecule has 0 bridgehead atoms. The molecule has 4 nitrogen and oxygen atoms in total. The van der Waals surface area contributed by atoms with Gasteiger partial charge in [-0.2, -0.15) is 0 Å². The number of benzene rings is 1. The summed E-state index contributed by atoms with van der Waals surface area (Å²) in [5, 5.41) is 2.93. The summed E-state index contributed by atoms with van der Waals surface area (Å²) in [6, 6.07) is 5.78. The third kappa shape index (κ3) is 3.05. The van der Waals surface area contributed by atoms with Gasteiger partial charge in [0.05, 0.1) is 19.4 Å². The number of thiazole rings is 1. The normalized spacial score (nSPS) is 12.2. The van der Waals surface area contributed by atoms with Crippen molar-refractivity contribution in [3.05, 3.63) is 29.3 Å². The second-order valence-electron chi connectivity index (χ2n) is 4.16. The van der Waals surface area contributed by atoms with E-state index >= 15 is 0 Å². The largest absolute Gasteiger partial charge is 0.493 e. The van der Waals surface area contributed by atoms with Gasteiger partial charge in [-0.1, -0.05) is 0 Å². The minimum Gasteiger partial charge on any atom is -0.493 e. The Morgan fingerprint density at radius 2 is 2.16 bits per heavy atom. The van der Waals surface area contributed by atoms with E-state index < -0.39 is 0 Å². The molecule has 0 saturated heterocycles. The first-order valence-electron chi connectivity index (χ1n) is 6.18. The molecule has 0 aliphatic carbocycles. The van der Waals surface area contributed by atoms with Crippen LogP contribution in [0.2, 0.25) is 0 Å². The van der Waals surface area contributed by atoms with E-state index in [1.54, 1.807) is 18.4 Å². The van der Waals surface area contributed by atoms with Crippen LogP contribution in [0.4, 0.5) is 0 Å². The number of hydrogen-bond acceptors (Lipinski definition) is 5. The number of nitrogens with zero attached hydrogens (tertiary/aromatic N) is 1. The topological polar surface area (TPSA) is 57.4 Å². The van der Waals surface area contributed by atoms with Crippen molar-refractivity contribution in [2.24, 2.45) is 5.73 Å². The van der Waals surface area contributed by atoms with Crippen LogP contribution in [0.5, 0.6) is 11.5 Å². The zero-order valence-electron chi connectivity index (χ0n) is 11.3. The van der Waals surface area contributed by atoms with E-state index in [2.05, 4.69) is 4.98 Å². The number of ether oxygens (including phenoxy) is 2. The van der Waals surface area contributed by atoms with Crippen molar-refractivity contribution in [3.8, 4) is 22.1 Å². The van der Waals surface area contributed by atoms with E-state index in [9.17, 15) is 0 Å². The summed E-state index contributed by atoms with van der Waals surface area (Å²) in [5.41, 5.74) is 7.75. The van der Waals surface area contributed by atoms with Crippen LogP contribution in [0.15, 0.2) is 23.6 Å². The van der Waals surface area contributed by atoms with E-state index in [4.69, 9.17) is 15.2 Å². The van der Waals surface area contributed by atoms with Gasteiger partial charge in [-0.15, -0.1) is 11.3 Å². The summed E-state index contributed by atoms with van der Waals surface area (Å²) in [4.78, 5) is 4.53. The molecule has 0 saturated carbocycles. The van der Waals surface area contributed by atoms with Crippen LogP contribution >= 0.6 is 11.3 Å². The van der Waals surface area contributed by atoms with Crippen LogP contribution in [-0.2, 0) is 0 Å². The van der Waals surface area contributed by atoms with Crippen LogP contribution in [0.25, 0.3) is 10.6 Å². The number of nitrogens with two attached hydrogens (primary N) is 1. The molecule has 0 radical (unpaired) electrons. The van der Waals surface area contributed by atoms with Crippen molar-refractivity contribution >= 4 is 11.3 Å². The predicted molar refractivity (Wildman–Crippen MR) is 77.9 cm³/mol. The Hall–Kier alpha value is -1.59.